The van der Waals surface area contributed by atoms with Crippen LogP contribution >= 0.6 is 0 Å². The van der Waals surface area contributed by atoms with E-state index >= 15 is 0 Å². The van der Waals surface area contributed by atoms with Crippen LogP contribution in [-0.2, 0) is 12.7 Å². The van der Waals surface area contributed by atoms with Gasteiger partial charge in [-0.15, -0.1) is 0 Å². The second-order valence-corrected chi connectivity index (χ2v) is 5.05. The van der Waals surface area contributed by atoms with Gasteiger partial charge < -0.3 is 10.3 Å². The minimum absolute atomic E-state index is 0.287. The summed E-state index contributed by atoms with van der Waals surface area (Å²) in [7, 11) is 0. The van der Waals surface area contributed by atoms with Gasteiger partial charge >= 0.3 is 6.18 Å². The van der Waals surface area contributed by atoms with Crippen LogP contribution in [0.2, 0.25) is 0 Å². The average Bonchev–Trinajstić information content (AvgIpc) is 3.08. The highest BCUT2D eigenvalue weighted by atomic mass is 19.4. The molecule has 0 bridgehead atoms. The van der Waals surface area contributed by atoms with Gasteiger partial charge in [0.1, 0.15) is 0 Å². The van der Waals surface area contributed by atoms with E-state index in [2.05, 4.69) is 4.98 Å². The van der Waals surface area contributed by atoms with E-state index in [9.17, 15) is 13.2 Å². The first kappa shape index (κ1) is 12.3. The smallest absolute Gasteiger partial charge is 0.369 e. The number of halogens is 3. The summed E-state index contributed by atoms with van der Waals surface area (Å²) >= 11 is 0. The Bertz CT molecular complexity index is 611. The first-order valence-electron chi connectivity index (χ1n) is 6.28. The molecule has 0 saturated heterocycles. The lowest BCUT2D eigenvalue weighted by molar-refractivity contribution is -0.137. The summed E-state index contributed by atoms with van der Waals surface area (Å²) < 4.78 is 39.7. The number of nitrogen functional groups attached to an aromatic ring is 1. The fraction of sp³-hybridized carbons (Fsp3) is 0.462. The van der Waals surface area contributed by atoms with E-state index in [1.165, 1.54) is 18.9 Å². The number of alkyl halides is 3. The second kappa shape index (κ2) is 4.15. The Balaban J connectivity index is 1.96. The number of nitrogens with zero attached hydrogens (tertiary/aromatic N) is 2. The van der Waals surface area contributed by atoms with Crippen molar-refractivity contribution in [2.45, 2.75) is 32.0 Å². The van der Waals surface area contributed by atoms with Crippen molar-refractivity contribution in [3.8, 4) is 0 Å². The number of aromatic nitrogens is 2. The predicted octanol–water partition coefficient (Wildman–Crippen LogP) is 3.44. The monoisotopic (exact) mass is 269 g/mol. The Kier molecular flexibility index (Phi) is 2.69. The molecule has 0 aliphatic heterocycles. The van der Waals surface area contributed by atoms with Gasteiger partial charge in [-0.2, -0.15) is 13.2 Å². The van der Waals surface area contributed by atoms with Crippen molar-refractivity contribution in [1.82, 2.24) is 9.55 Å². The average molecular weight is 269 g/mol. The van der Waals surface area contributed by atoms with Gasteiger partial charge in [0, 0.05) is 6.54 Å². The Morgan fingerprint density at radius 2 is 2.05 bits per heavy atom. The first-order chi connectivity index (χ1) is 8.95. The number of aryl methyl sites for hydroxylation is 1. The van der Waals surface area contributed by atoms with Crippen LogP contribution in [-0.4, -0.2) is 9.55 Å². The van der Waals surface area contributed by atoms with Crippen molar-refractivity contribution < 1.29 is 13.2 Å². The molecule has 1 heterocycles. The second-order valence-electron chi connectivity index (χ2n) is 5.05. The summed E-state index contributed by atoms with van der Waals surface area (Å²) in [4.78, 5) is 4.03. The van der Waals surface area contributed by atoms with E-state index < -0.39 is 11.7 Å². The third kappa shape index (κ3) is 2.39. The Morgan fingerprint density at radius 1 is 1.32 bits per heavy atom. The third-order valence-electron chi connectivity index (χ3n) is 3.56. The molecule has 1 aliphatic rings. The van der Waals surface area contributed by atoms with Crippen molar-refractivity contribution in [2.75, 3.05) is 5.73 Å². The van der Waals surface area contributed by atoms with Crippen LogP contribution in [0.4, 0.5) is 19.1 Å². The highest BCUT2D eigenvalue weighted by Gasteiger charge is 2.31. The number of hydrogen-bond donors (Lipinski definition) is 1. The summed E-state index contributed by atoms with van der Waals surface area (Å²) in [6, 6.07) is 3.59. The summed E-state index contributed by atoms with van der Waals surface area (Å²) in [6.45, 7) is 0.721. The molecule has 0 atom stereocenters. The van der Waals surface area contributed by atoms with Crippen molar-refractivity contribution >= 4 is 17.0 Å². The molecular formula is C13H14F3N3. The molecule has 3 nitrogen and oxygen atoms in total. The Labute approximate surface area is 108 Å². The Morgan fingerprint density at radius 3 is 2.68 bits per heavy atom. The summed E-state index contributed by atoms with van der Waals surface area (Å²) in [6.07, 6.45) is -0.854. The minimum Gasteiger partial charge on any atom is -0.369 e. The van der Waals surface area contributed by atoms with Gasteiger partial charge in [-0.05, 0) is 30.5 Å². The molecule has 0 spiro atoms. The lowest BCUT2D eigenvalue weighted by atomic mass is 10.2. The molecule has 1 aromatic heterocycles. The molecule has 1 aromatic carbocycles. The fourth-order valence-electron chi connectivity index (χ4n) is 2.28. The number of nitrogens with two attached hydrogens (primary N) is 1. The molecule has 19 heavy (non-hydrogen) atoms. The molecule has 1 saturated carbocycles. The van der Waals surface area contributed by atoms with Crippen LogP contribution in [0.1, 0.15) is 24.8 Å². The van der Waals surface area contributed by atoms with Crippen LogP contribution in [0.25, 0.3) is 11.0 Å². The van der Waals surface area contributed by atoms with Gasteiger partial charge in [-0.25, -0.2) is 4.98 Å². The van der Waals surface area contributed by atoms with E-state index in [1.807, 2.05) is 0 Å². The fourth-order valence-corrected chi connectivity index (χ4v) is 2.28. The zero-order valence-corrected chi connectivity index (χ0v) is 10.2. The van der Waals surface area contributed by atoms with Gasteiger partial charge in [-0.3, -0.25) is 0 Å². The molecule has 3 rings (SSSR count). The zero-order valence-electron chi connectivity index (χ0n) is 10.2. The van der Waals surface area contributed by atoms with Gasteiger partial charge in [0.05, 0.1) is 16.6 Å². The van der Waals surface area contributed by atoms with Crippen molar-refractivity contribution in [1.29, 1.82) is 0 Å². The zero-order chi connectivity index (χ0) is 13.6. The molecule has 6 heteroatoms. The van der Waals surface area contributed by atoms with Crippen molar-refractivity contribution in [3.63, 3.8) is 0 Å². The van der Waals surface area contributed by atoms with Crippen LogP contribution in [0.3, 0.4) is 0 Å². The first-order valence-corrected chi connectivity index (χ1v) is 6.28. The van der Waals surface area contributed by atoms with Crippen molar-refractivity contribution in [2.24, 2.45) is 5.92 Å². The number of fused-ring (bicyclic) bond motifs is 1. The van der Waals surface area contributed by atoms with E-state index in [1.54, 1.807) is 4.57 Å². The number of imidazole rings is 1. The number of benzene rings is 1. The van der Waals surface area contributed by atoms with E-state index in [0.29, 0.717) is 11.0 Å². The SMILES string of the molecule is Nc1nc2cc(C(F)(F)F)ccc2n1CCC1CC1. The van der Waals surface area contributed by atoms with Gasteiger partial charge in [-0.1, -0.05) is 12.8 Å². The van der Waals surface area contributed by atoms with Crippen LogP contribution < -0.4 is 5.73 Å². The largest absolute Gasteiger partial charge is 0.416 e. The summed E-state index contributed by atoms with van der Waals surface area (Å²) in [5.74, 6) is 1.03. The van der Waals surface area contributed by atoms with Gasteiger partial charge in [0.15, 0.2) is 0 Å². The lowest BCUT2D eigenvalue weighted by Gasteiger charge is -2.07. The molecule has 2 aromatic rings. The van der Waals surface area contributed by atoms with Gasteiger partial charge in [0.25, 0.3) is 0 Å². The molecule has 0 radical (unpaired) electrons. The van der Waals surface area contributed by atoms with Crippen molar-refractivity contribution in [3.05, 3.63) is 23.8 Å². The third-order valence-corrected chi connectivity index (χ3v) is 3.56. The number of anilines is 1. The maximum Gasteiger partial charge on any atom is 0.416 e. The van der Waals surface area contributed by atoms with E-state index in [0.717, 1.165) is 31.0 Å². The maximum absolute atomic E-state index is 12.6. The topological polar surface area (TPSA) is 43.8 Å². The highest BCUT2D eigenvalue weighted by molar-refractivity contribution is 5.79. The molecule has 0 amide bonds. The molecule has 102 valence electrons. The summed E-state index contributed by atoms with van der Waals surface area (Å²) in [5, 5.41) is 0. The standard InChI is InChI=1S/C13H14F3N3/c14-13(15,16)9-3-4-11-10(7-9)18-12(17)19(11)6-5-8-1-2-8/h3-4,7-8H,1-2,5-6H2,(H2,17,18). The highest BCUT2D eigenvalue weighted by Crippen LogP contribution is 2.35. The van der Waals surface area contributed by atoms with Gasteiger partial charge in [0.2, 0.25) is 5.95 Å². The molecule has 0 unspecified atom stereocenters. The van der Waals surface area contributed by atoms with Crippen LogP contribution in [0.5, 0.6) is 0 Å². The minimum atomic E-state index is -4.35. The molecular weight excluding hydrogens is 255 g/mol. The quantitative estimate of drug-likeness (QED) is 0.927. The number of hydrogen-bond acceptors (Lipinski definition) is 2. The van der Waals surface area contributed by atoms with Crippen LogP contribution in [0, 0.1) is 5.92 Å². The Hall–Kier alpha value is -1.72. The molecule has 2 N–H and O–H groups in total. The lowest BCUT2D eigenvalue weighted by Crippen LogP contribution is -2.05. The summed E-state index contributed by atoms with van der Waals surface area (Å²) in [5.41, 5.74) is 6.08. The molecule has 1 aliphatic carbocycles. The van der Waals surface area contributed by atoms with E-state index in [4.69, 9.17) is 5.73 Å². The maximum atomic E-state index is 12.6. The normalized spacial score (nSPS) is 16.2. The number of rotatable bonds is 3. The van der Waals surface area contributed by atoms with E-state index in [-0.39, 0.29) is 5.95 Å². The molecule has 1 fully saturated rings. The van der Waals surface area contributed by atoms with Crippen LogP contribution in [0.15, 0.2) is 18.2 Å². The predicted molar refractivity (Wildman–Crippen MR) is 66.5 cm³/mol.